The van der Waals surface area contributed by atoms with E-state index in [0.717, 1.165) is 24.2 Å². The van der Waals surface area contributed by atoms with Gasteiger partial charge in [-0.1, -0.05) is 31.5 Å². The standard InChI is InChI=1S/C22H26N2O5/c1-3-4-12-28-20-10-9-15(27-2)14-18(20)24-22(26)21(25)23-17-11-13-29-19-8-6-5-7-16(17)19/h5-10,14,17H,3-4,11-13H2,1-2H3,(H,23,25)(H,24,26). The third-order valence-corrected chi connectivity index (χ3v) is 4.66. The third-order valence-electron chi connectivity index (χ3n) is 4.66. The molecule has 3 rings (SSSR count). The van der Waals surface area contributed by atoms with Gasteiger partial charge in [-0.25, -0.2) is 0 Å². The number of benzene rings is 2. The van der Waals surface area contributed by atoms with E-state index in [1.54, 1.807) is 18.2 Å². The molecule has 1 atom stereocenters. The van der Waals surface area contributed by atoms with Gasteiger partial charge < -0.3 is 24.8 Å². The summed E-state index contributed by atoms with van der Waals surface area (Å²) >= 11 is 0. The average Bonchev–Trinajstić information content (AvgIpc) is 2.75. The van der Waals surface area contributed by atoms with Crippen LogP contribution in [-0.2, 0) is 9.59 Å². The first kappa shape index (κ1) is 20.5. The minimum atomic E-state index is -0.762. The summed E-state index contributed by atoms with van der Waals surface area (Å²) in [6.45, 7) is 3.07. The molecule has 0 saturated heterocycles. The molecule has 1 aliphatic rings. The number of fused-ring (bicyclic) bond motifs is 1. The van der Waals surface area contributed by atoms with Crippen LogP contribution in [0, 0.1) is 0 Å². The first-order valence-electron chi connectivity index (χ1n) is 9.76. The van der Waals surface area contributed by atoms with E-state index in [4.69, 9.17) is 14.2 Å². The molecule has 0 fully saturated rings. The molecule has 0 bridgehead atoms. The zero-order valence-corrected chi connectivity index (χ0v) is 16.7. The number of carbonyl (C=O) groups excluding carboxylic acids is 2. The van der Waals surface area contributed by atoms with Crippen LogP contribution in [0.1, 0.15) is 37.8 Å². The Hall–Kier alpha value is -3.22. The van der Waals surface area contributed by atoms with Crippen LogP contribution in [0.3, 0.4) is 0 Å². The van der Waals surface area contributed by atoms with Crippen molar-refractivity contribution < 1.29 is 23.8 Å². The Kier molecular flexibility index (Phi) is 6.94. The van der Waals surface area contributed by atoms with Crippen molar-refractivity contribution in [3.05, 3.63) is 48.0 Å². The Bertz CT molecular complexity index is 868. The third kappa shape index (κ3) is 5.19. The van der Waals surface area contributed by atoms with Crippen molar-refractivity contribution in [2.45, 2.75) is 32.2 Å². The highest BCUT2D eigenvalue weighted by Crippen LogP contribution is 2.32. The fourth-order valence-electron chi connectivity index (χ4n) is 3.08. The summed E-state index contributed by atoms with van der Waals surface area (Å²) in [5, 5.41) is 5.43. The summed E-state index contributed by atoms with van der Waals surface area (Å²) in [6.07, 6.45) is 2.48. The van der Waals surface area contributed by atoms with E-state index >= 15 is 0 Å². The van der Waals surface area contributed by atoms with Crippen LogP contribution >= 0.6 is 0 Å². The molecule has 0 aliphatic carbocycles. The number of unbranched alkanes of at least 4 members (excludes halogenated alkanes) is 1. The molecule has 0 spiro atoms. The lowest BCUT2D eigenvalue weighted by Crippen LogP contribution is -2.39. The van der Waals surface area contributed by atoms with Gasteiger partial charge in [-0.3, -0.25) is 9.59 Å². The number of rotatable bonds is 7. The Morgan fingerprint density at radius 3 is 2.79 bits per heavy atom. The molecule has 2 amide bonds. The number of nitrogens with one attached hydrogen (secondary N) is 2. The molecule has 1 aliphatic heterocycles. The highest BCUT2D eigenvalue weighted by atomic mass is 16.5. The predicted octanol–water partition coefficient (Wildman–Crippen LogP) is 3.45. The molecular weight excluding hydrogens is 372 g/mol. The maximum absolute atomic E-state index is 12.5. The number of hydrogen-bond acceptors (Lipinski definition) is 5. The number of hydrogen-bond donors (Lipinski definition) is 2. The van der Waals surface area contributed by atoms with Gasteiger partial charge in [-0.15, -0.1) is 0 Å². The van der Waals surface area contributed by atoms with Crippen molar-refractivity contribution >= 4 is 17.5 Å². The molecule has 7 heteroatoms. The van der Waals surface area contributed by atoms with E-state index in [0.29, 0.717) is 36.8 Å². The Balaban J connectivity index is 1.69. The number of carbonyl (C=O) groups is 2. The van der Waals surface area contributed by atoms with Crippen LogP contribution in [0.15, 0.2) is 42.5 Å². The maximum atomic E-state index is 12.5. The average molecular weight is 398 g/mol. The van der Waals surface area contributed by atoms with Crippen LogP contribution in [0.4, 0.5) is 5.69 Å². The lowest BCUT2D eigenvalue weighted by molar-refractivity contribution is -0.136. The van der Waals surface area contributed by atoms with Crippen LogP contribution < -0.4 is 24.8 Å². The normalized spacial score (nSPS) is 14.9. The van der Waals surface area contributed by atoms with Gasteiger partial charge in [0.15, 0.2) is 0 Å². The Morgan fingerprint density at radius 2 is 2.00 bits per heavy atom. The molecule has 29 heavy (non-hydrogen) atoms. The summed E-state index contributed by atoms with van der Waals surface area (Å²) in [6, 6.07) is 12.3. The van der Waals surface area contributed by atoms with Gasteiger partial charge in [0.2, 0.25) is 0 Å². The minimum absolute atomic E-state index is 0.274. The topological polar surface area (TPSA) is 85.9 Å². The van der Waals surface area contributed by atoms with Gasteiger partial charge in [0.1, 0.15) is 17.2 Å². The van der Waals surface area contributed by atoms with Crippen molar-refractivity contribution in [1.29, 1.82) is 0 Å². The van der Waals surface area contributed by atoms with E-state index < -0.39 is 11.8 Å². The monoisotopic (exact) mass is 398 g/mol. The summed E-state index contributed by atoms with van der Waals surface area (Å²) in [5.74, 6) is 0.305. The number of methoxy groups -OCH3 is 1. The van der Waals surface area contributed by atoms with Gasteiger partial charge >= 0.3 is 11.8 Å². The van der Waals surface area contributed by atoms with Crippen LogP contribution in [0.5, 0.6) is 17.2 Å². The summed E-state index contributed by atoms with van der Waals surface area (Å²) in [5.41, 5.74) is 1.26. The second-order valence-electron chi connectivity index (χ2n) is 6.72. The van der Waals surface area contributed by atoms with Crippen LogP contribution in [0.2, 0.25) is 0 Å². The highest BCUT2D eigenvalue weighted by Gasteiger charge is 2.25. The molecule has 2 aromatic carbocycles. The lowest BCUT2D eigenvalue weighted by Gasteiger charge is -2.26. The smallest absolute Gasteiger partial charge is 0.313 e. The summed E-state index contributed by atoms with van der Waals surface area (Å²) in [4.78, 5) is 25.0. The van der Waals surface area contributed by atoms with Gasteiger partial charge in [0.25, 0.3) is 0 Å². The molecule has 0 aromatic heterocycles. The molecule has 2 N–H and O–H groups in total. The van der Waals surface area contributed by atoms with E-state index in [9.17, 15) is 9.59 Å². The number of ether oxygens (including phenoxy) is 3. The maximum Gasteiger partial charge on any atom is 0.313 e. The van der Waals surface area contributed by atoms with Crippen LogP contribution in [0.25, 0.3) is 0 Å². The Morgan fingerprint density at radius 1 is 1.17 bits per heavy atom. The van der Waals surface area contributed by atoms with Crippen LogP contribution in [-0.4, -0.2) is 32.1 Å². The first-order chi connectivity index (χ1) is 14.1. The molecule has 0 radical (unpaired) electrons. The van der Waals surface area contributed by atoms with Gasteiger partial charge in [0.05, 0.1) is 32.1 Å². The largest absolute Gasteiger partial charge is 0.497 e. The second-order valence-corrected chi connectivity index (χ2v) is 6.72. The second kappa shape index (κ2) is 9.82. The zero-order chi connectivity index (χ0) is 20.6. The number of para-hydroxylation sites is 1. The van der Waals surface area contributed by atoms with Crippen molar-refractivity contribution in [3.8, 4) is 17.2 Å². The zero-order valence-electron chi connectivity index (χ0n) is 16.7. The van der Waals surface area contributed by atoms with Crippen molar-refractivity contribution in [2.75, 3.05) is 25.6 Å². The molecular formula is C22H26N2O5. The summed E-state index contributed by atoms with van der Waals surface area (Å²) in [7, 11) is 1.54. The molecule has 1 heterocycles. The Labute approximate surface area is 170 Å². The molecule has 7 nitrogen and oxygen atoms in total. The van der Waals surface area contributed by atoms with Crippen molar-refractivity contribution in [3.63, 3.8) is 0 Å². The van der Waals surface area contributed by atoms with E-state index in [1.165, 1.54) is 7.11 Å². The number of anilines is 1. The van der Waals surface area contributed by atoms with E-state index in [2.05, 4.69) is 17.6 Å². The fourth-order valence-corrected chi connectivity index (χ4v) is 3.08. The molecule has 0 saturated carbocycles. The van der Waals surface area contributed by atoms with E-state index in [1.807, 2.05) is 24.3 Å². The SMILES string of the molecule is CCCCOc1ccc(OC)cc1NC(=O)C(=O)NC1CCOc2ccccc21. The predicted molar refractivity (Wildman–Crippen MR) is 109 cm³/mol. The quantitative estimate of drug-likeness (QED) is 0.551. The van der Waals surface area contributed by atoms with Crippen molar-refractivity contribution in [2.24, 2.45) is 0 Å². The molecule has 154 valence electrons. The number of amides is 2. The highest BCUT2D eigenvalue weighted by molar-refractivity contribution is 6.39. The molecule has 1 unspecified atom stereocenters. The first-order valence-corrected chi connectivity index (χ1v) is 9.76. The fraction of sp³-hybridized carbons (Fsp3) is 0.364. The van der Waals surface area contributed by atoms with Gasteiger partial charge in [-0.2, -0.15) is 0 Å². The van der Waals surface area contributed by atoms with Gasteiger partial charge in [-0.05, 0) is 24.6 Å². The lowest BCUT2D eigenvalue weighted by atomic mass is 10.0. The van der Waals surface area contributed by atoms with E-state index in [-0.39, 0.29) is 6.04 Å². The van der Waals surface area contributed by atoms with Crippen molar-refractivity contribution in [1.82, 2.24) is 5.32 Å². The van der Waals surface area contributed by atoms with Gasteiger partial charge in [0, 0.05) is 18.1 Å². The summed E-state index contributed by atoms with van der Waals surface area (Å²) < 4.78 is 16.5. The molecule has 2 aromatic rings. The minimum Gasteiger partial charge on any atom is -0.497 e.